The molecular weight excluding hydrogens is 392 g/mol. The Balaban J connectivity index is 1.41. The van der Waals surface area contributed by atoms with E-state index >= 15 is 0 Å². The number of piperidine rings is 1. The summed E-state index contributed by atoms with van der Waals surface area (Å²) in [5.41, 5.74) is 2.52. The summed E-state index contributed by atoms with van der Waals surface area (Å²) in [5, 5.41) is 11.1. The first-order chi connectivity index (χ1) is 12.6. The van der Waals surface area contributed by atoms with Crippen molar-refractivity contribution in [2.75, 3.05) is 20.1 Å². The van der Waals surface area contributed by atoms with Crippen molar-refractivity contribution in [3.05, 3.63) is 52.3 Å². The highest BCUT2D eigenvalue weighted by Crippen LogP contribution is 2.16. The molecule has 0 aliphatic carbocycles. The van der Waals surface area contributed by atoms with E-state index in [1.807, 2.05) is 31.2 Å². The molecule has 0 saturated carbocycles. The molecule has 0 radical (unpaired) electrons. The Hall–Kier alpha value is -1.86. The first-order valence-corrected chi connectivity index (χ1v) is 9.83. The van der Waals surface area contributed by atoms with Gasteiger partial charge in [0.25, 0.3) is 0 Å². The lowest BCUT2D eigenvalue weighted by molar-refractivity contribution is 0.198. The number of nitrogens with zero attached hydrogens (tertiary/aromatic N) is 4. The molecule has 0 amide bonds. The van der Waals surface area contributed by atoms with Gasteiger partial charge >= 0.3 is 0 Å². The minimum absolute atomic E-state index is 0.469. The van der Waals surface area contributed by atoms with E-state index in [2.05, 4.69) is 65.8 Å². The normalized spacial score (nSPS) is 16.7. The predicted octanol–water partition coefficient (Wildman–Crippen LogP) is 2.51. The monoisotopic (exact) mass is 418 g/mol. The first kappa shape index (κ1) is 18.9. The first-order valence-electron chi connectivity index (χ1n) is 9.04. The van der Waals surface area contributed by atoms with Gasteiger partial charge in [-0.15, -0.1) is 0 Å². The molecule has 2 heterocycles. The Kier molecular flexibility index (Phi) is 6.68. The Morgan fingerprint density at radius 3 is 2.58 bits per heavy atom. The lowest BCUT2D eigenvalue weighted by Gasteiger charge is -2.33. The smallest absolute Gasteiger partial charge is 0.191 e. The number of benzene rings is 1. The summed E-state index contributed by atoms with van der Waals surface area (Å²) in [6.45, 7) is 3.96. The number of halogens is 1. The SMILES string of the molecule is CN=C(NCc1cnn(C)c1)NC1CCN(Cc2ccc(Br)cc2)CC1. The van der Waals surface area contributed by atoms with E-state index in [9.17, 15) is 0 Å². The molecule has 1 aliphatic heterocycles. The van der Waals surface area contributed by atoms with Crippen LogP contribution in [0.1, 0.15) is 24.0 Å². The van der Waals surface area contributed by atoms with Crippen LogP contribution in [-0.2, 0) is 20.1 Å². The molecule has 0 bridgehead atoms. The van der Waals surface area contributed by atoms with Gasteiger partial charge < -0.3 is 10.6 Å². The summed E-state index contributed by atoms with van der Waals surface area (Å²) < 4.78 is 2.95. The Labute approximate surface area is 163 Å². The summed E-state index contributed by atoms with van der Waals surface area (Å²) >= 11 is 3.49. The molecule has 2 aromatic rings. The highest BCUT2D eigenvalue weighted by atomic mass is 79.9. The standard InChI is InChI=1S/C19H27BrN6/c1-21-19(22-11-16-12-23-25(2)13-16)24-18-7-9-26(10-8-18)14-15-3-5-17(20)6-4-15/h3-6,12-13,18H,7-11,14H2,1-2H3,(H2,21,22,24). The van der Waals surface area contributed by atoms with E-state index < -0.39 is 0 Å². The van der Waals surface area contributed by atoms with Gasteiger partial charge in [-0.1, -0.05) is 28.1 Å². The number of aliphatic imine (C=N–C) groups is 1. The van der Waals surface area contributed by atoms with Gasteiger partial charge in [0, 0.05) is 62.5 Å². The molecule has 0 unspecified atom stereocenters. The van der Waals surface area contributed by atoms with Gasteiger partial charge in [-0.3, -0.25) is 14.6 Å². The van der Waals surface area contributed by atoms with Gasteiger partial charge in [0.05, 0.1) is 6.20 Å². The number of guanidine groups is 1. The Bertz CT molecular complexity index is 716. The molecule has 1 fully saturated rings. The number of hydrogen-bond donors (Lipinski definition) is 2. The third-order valence-electron chi connectivity index (χ3n) is 4.69. The maximum absolute atomic E-state index is 4.35. The molecule has 1 aromatic heterocycles. The summed E-state index contributed by atoms with van der Waals surface area (Å²) in [6, 6.07) is 9.08. The zero-order chi connectivity index (χ0) is 18.4. The van der Waals surface area contributed by atoms with Crippen LogP contribution in [0.3, 0.4) is 0 Å². The van der Waals surface area contributed by atoms with E-state index in [0.29, 0.717) is 6.04 Å². The molecule has 7 heteroatoms. The molecule has 140 valence electrons. The van der Waals surface area contributed by atoms with Crippen LogP contribution in [0.5, 0.6) is 0 Å². The van der Waals surface area contributed by atoms with Crippen molar-refractivity contribution in [1.82, 2.24) is 25.3 Å². The average Bonchev–Trinajstić information content (AvgIpc) is 3.07. The van der Waals surface area contributed by atoms with Gasteiger partial charge in [0.15, 0.2) is 5.96 Å². The fourth-order valence-corrected chi connectivity index (χ4v) is 3.48. The summed E-state index contributed by atoms with van der Waals surface area (Å²) in [4.78, 5) is 6.87. The van der Waals surface area contributed by atoms with Crippen LogP contribution in [-0.4, -0.2) is 46.8 Å². The summed E-state index contributed by atoms with van der Waals surface area (Å²) in [7, 11) is 3.75. The lowest BCUT2D eigenvalue weighted by atomic mass is 10.0. The third-order valence-corrected chi connectivity index (χ3v) is 5.22. The molecule has 1 aliphatic rings. The average molecular weight is 419 g/mol. The van der Waals surface area contributed by atoms with Gasteiger partial charge in [-0.25, -0.2) is 0 Å². The van der Waals surface area contributed by atoms with Crippen LogP contribution in [0.25, 0.3) is 0 Å². The van der Waals surface area contributed by atoms with E-state index in [1.54, 1.807) is 0 Å². The molecule has 26 heavy (non-hydrogen) atoms. The number of hydrogen-bond acceptors (Lipinski definition) is 3. The number of aryl methyl sites for hydroxylation is 1. The second-order valence-electron chi connectivity index (χ2n) is 6.77. The van der Waals surface area contributed by atoms with Crippen LogP contribution in [0.15, 0.2) is 46.1 Å². The molecule has 3 rings (SSSR count). The summed E-state index contributed by atoms with van der Waals surface area (Å²) in [6.07, 6.45) is 6.15. The zero-order valence-corrected chi connectivity index (χ0v) is 17.0. The number of nitrogens with one attached hydrogen (secondary N) is 2. The van der Waals surface area contributed by atoms with E-state index in [-0.39, 0.29) is 0 Å². The van der Waals surface area contributed by atoms with Crippen LogP contribution in [0.4, 0.5) is 0 Å². The van der Waals surface area contributed by atoms with Gasteiger partial charge in [0.2, 0.25) is 0 Å². The van der Waals surface area contributed by atoms with Crippen molar-refractivity contribution in [2.24, 2.45) is 12.0 Å². The molecule has 1 aromatic carbocycles. The minimum Gasteiger partial charge on any atom is -0.354 e. The highest BCUT2D eigenvalue weighted by Gasteiger charge is 2.20. The fourth-order valence-electron chi connectivity index (χ4n) is 3.22. The number of aromatic nitrogens is 2. The molecular formula is C19H27BrN6. The van der Waals surface area contributed by atoms with Crippen molar-refractivity contribution >= 4 is 21.9 Å². The van der Waals surface area contributed by atoms with Crippen LogP contribution < -0.4 is 10.6 Å². The molecule has 0 spiro atoms. The topological polar surface area (TPSA) is 57.5 Å². The highest BCUT2D eigenvalue weighted by molar-refractivity contribution is 9.10. The largest absolute Gasteiger partial charge is 0.354 e. The minimum atomic E-state index is 0.469. The number of likely N-dealkylation sites (tertiary alicyclic amines) is 1. The Morgan fingerprint density at radius 1 is 1.23 bits per heavy atom. The van der Waals surface area contributed by atoms with Crippen molar-refractivity contribution in [2.45, 2.75) is 32.0 Å². The van der Waals surface area contributed by atoms with Crippen molar-refractivity contribution in [3.8, 4) is 0 Å². The van der Waals surface area contributed by atoms with Crippen molar-refractivity contribution in [1.29, 1.82) is 0 Å². The molecule has 2 N–H and O–H groups in total. The van der Waals surface area contributed by atoms with E-state index in [0.717, 1.165) is 55.0 Å². The molecule has 6 nitrogen and oxygen atoms in total. The second kappa shape index (κ2) is 9.19. The maximum Gasteiger partial charge on any atom is 0.191 e. The van der Waals surface area contributed by atoms with Crippen LogP contribution in [0.2, 0.25) is 0 Å². The maximum atomic E-state index is 4.35. The zero-order valence-electron chi connectivity index (χ0n) is 15.5. The number of rotatable bonds is 5. The lowest BCUT2D eigenvalue weighted by Crippen LogP contribution is -2.48. The van der Waals surface area contributed by atoms with Crippen molar-refractivity contribution in [3.63, 3.8) is 0 Å². The van der Waals surface area contributed by atoms with E-state index in [1.165, 1.54) is 5.56 Å². The van der Waals surface area contributed by atoms with Crippen LogP contribution in [0, 0.1) is 0 Å². The Morgan fingerprint density at radius 2 is 1.96 bits per heavy atom. The van der Waals surface area contributed by atoms with Gasteiger partial charge in [-0.05, 0) is 30.5 Å². The van der Waals surface area contributed by atoms with E-state index in [4.69, 9.17) is 0 Å². The summed E-state index contributed by atoms with van der Waals surface area (Å²) in [5.74, 6) is 0.861. The van der Waals surface area contributed by atoms with Crippen molar-refractivity contribution < 1.29 is 0 Å². The predicted molar refractivity (Wildman–Crippen MR) is 109 cm³/mol. The van der Waals surface area contributed by atoms with Crippen LogP contribution >= 0.6 is 15.9 Å². The molecule has 0 atom stereocenters. The second-order valence-corrected chi connectivity index (χ2v) is 7.68. The third kappa shape index (κ3) is 5.57. The van der Waals surface area contributed by atoms with Gasteiger partial charge in [-0.2, -0.15) is 5.10 Å². The molecule has 1 saturated heterocycles. The quantitative estimate of drug-likeness (QED) is 0.578. The fraction of sp³-hybridized carbons (Fsp3) is 0.474. The van der Waals surface area contributed by atoms with Gasteiger partial charge in [0.1, 0.15) is 0 Å².